The van der Waals surface area contributed by atoms with Gasteiger partial charge in [-0.2, -0.15) is 0 Å². The molecule has 0 saturated heterocycles. The predicted molar refractivity (Wildman–Crippen MR) is 85.5 cm³/mol. The van der Waals surface area contributed by atoms with E-state index < -0.39 is 33.1 Å². The third kappa shape index (κ3) is 3.93. The Morgan fingerprint density at radius 1 is 1.00 bits per heavy atom. The zero-order valence-electron chi connectivity index (χ0n) is 12.8. The van der Waals surface area contributed by atoms with Gasteiger partial charge in [0.15, 0.2) is 0 Å². The molecule has 0 saturated carbocycles. The molecular formula is C15H11N3O7. The largest absolute Gasteiger partial charge is 0.465 e. The van der Waals surface area contributed by atoms with Crippen LogP contribution in [0.15, 0.2) is 42.5 Å². The molecule has 0 heterocycles. The van der Waals surface area contributed by atoms with Crippen LogP contribution in [0.5, 0.6) is 0 Å². The van der Waals surface area contributed by atoms with E-state index in [1.807, 2.05) is 0 Å². The molecule has 0 bridgehead atoms. The van der Waals surface area contributed by atoms with Crippen LogP contribution < -0.4 is 5.32 Å². The number of nitro groups is 2. The molecule has 0 aromatic heterocycles. The fraction of sp³-hybridized carbons (Fsp3) is 0.0667. The fourth-order valence-electron chi connectivity index (χ4n) is 1.98. The van der Waals surface area contributed by atoms with Gasteiger partial charge >= 0.3 is 5.97 Å². The maximum absolute atomic E-state index is 12.2. The van der Waals surface area contributed by atoms with Gasteiger partial charge in [0.25, 0.3) is 17.3 Å². The number of benzene rings is 2. The summed E-state index contributed by atoms with van der Waals surface area (Å²) in [6.45, 7) is 0. The Balaban J connectivity index is 2.27. The van der Waals surface area contributed by atoms with Gasteiger partial charge in [0.1, 0.15) is 5.56 Å². The second kappa shape index (κ2) is 7.17. The molecule has 10 nitrogen and oxygen atoms in total. The molecule has 1 N–H and O–H groups in total. The Morgan fingerprint density at radius 3 is 2.16 bits per heavy atom. The minimum Gasteiger partial charge on any atom is -0.465 e. The van der Waals surface area contributed by atoms with Crippen LogP contribution in [0.1, 0.15) is 20.7 Å². The second-order valence-electron chi connectivity index (χ2n) is 4.74. The summed E-state index contributed by atoms with van der Waals surface area (Å²) in [7, 11) is 1.23. The first kappa shape index (κ1) is 17.5. The van der Waals surface area contributed by atoms with Crippen molar-refractivity contribution in [1.29, 1.82) is 0 Å². The number of methoxy groups -OCH3 is 1. The Kier molecular flexibility index (Phi) is 5.03. The quantitative estimate of drug-likeness (QED) is 0.498. The van der Waals surface area contributed by atoms with Crippen LogP contribution >= 0.6 is 0 Å². The third-order valence-electron chi connectivity index (χ3n) is 3.20. The monoisotopic (exact) mass is 345 g/mol. The van der Waals surface area contributed by atoms with Crippen molar-refractivity contribution in [3.05, 3.63) is 73.8 Å². The molecular weight excluding hydrogens is 334 g/mol. The number of nitrogens with zero attached hydrogens (tertiary/aromatic N) is 2. The smallest absolute Gasteiger partial charge is 0.337 e. The Bertz CT molecular complexity index is 862. The number of anilines is 1. The molecule has 2 rings (SSSR count). The molecule has 0 spiro atoms. The third-order valence-corrected chi connectivity index (χ3v) is 3.20. The SMILES string of the molecule is COC(=O)c1ccc(NC(=O)c2ccc([N+](=O)[O-])cc2[N+](=O)[O-])cc1. The van der Waals surface area contributed by atoms with Crippen molar-refractivity contribution in [1.82, 2.24) is 0 Å². The predicted octanol–water partition coefficient (Wildman–Crippen LogP) is 2.54. The summed E-state index contributed by atoms with van der Waals surface area (Å²) in [6.07, 6.45) is 0. The van der Waals surface area contributed by atoms with Crippen molar-refractivity contribution >= 4 is 28.9 Å². The number of hydrogen-bond donors (Lipinski definition) is 1. The summed E-state index contributed by atoms with van der Waals surface area (Å²) in [5.41, 5.74) is -0.955. The van der Waals surface area contributed by atoms with Crippen LogP contribution in [0.25, 0.3) is 0 Å². The van der Waals surface area contributed by atoms with Crippen molar-refractivity contribution in [2.24, 2.45) is 0 Å². The van der Waals surface area contributed by atoms with Gasteiger partial charge in [-0.1, -0.05) is 0 Å². The van der Waals surface area contributed by atoms with Gasteiger partial charge in [0.05, 0.1) is 28.6 Å². The highest BCUT2D eigenvalue weighted by molar-refractivity contribution is 6.07. The summed E-state index contributed by atoms with van der Waals surface area (Å²) in [4.78, 5) is 43.7. The van der Waals surface area contributed by atoms with Crippen LogP contribution in [0, 0.1) is 20.2 Å². The van der Waals surface area contributed by atoms with Crippen LogP contribution in [-0.2, 0) is 4.74 Å². The summed E-state index contributed by atoms with van der Waals surface area (Å²) in [6, 6.07) is 8.38. The van der Waals surface area contributed by atoms with Gasteiger partial charge in [0.2, 0.25) is 0 Å². The standard InChI is InChI=1S/C15H11N3O7/c1-25-15(20)9-2-4-10(5-3-9)16-14(19)12-7-6-11(17(21)22)8-13(12)18(23)24/h2-8H,1H3,(H,16,19). The number of amides is 1. The topological polar surface area (TPSA) is 142 Å². The molecule has 0 radical (unpaired) electrons. The Morgan fingerprint density at radius 2 is 1.64 bits per heavy atom. The average Bonchev–Trinajstić information content (AvgIpc) is 2.60. The molecule has 0 aliphatic rings. The summed E-state index contributed by atoms with van der Waals surface area (Å²) in [5.74, 6) is -1.36. The average molecular weight is 345 g/mol. The lowest BCUT2D eigenvalue weighted by atomic mass is 10.1. The van der Waals surface area contributed by atoms with Gasteiger partial charge in [-0.25, -0.2) is 4.79 Å². The minimum atomic E-state index is -0.873. The van der Waals surface area contributed by atoms with Crippen LogP contribution in [0.3, 0.4) is 0 Å². The van der Waals surface area contributed by atoms with E-state index in [0.717, 1.165) is 18.2 Å². The zero-order chi connectivity index (χ0) is 18.6. The number of esters is 1. The molecule has 25 heavy (non-hydrogen) atoms. The van der Waals surface area contributed by atoms with Gasteiger partial charge < -0.3 is 10.1 Å². The van der Waals surface area contributed by atoms with Crippen molar-refractivity contribution in [2.75, 3.05) is 12.4 Å². The van der Waals surface area contributed by atoms with Crippen LogP contribution in [0.4, 0.5) is 17.1 Å². The van der Waals surface area contributed by atoms with Gasteiger partial charge in [-0.05, 0) is 30.3 Å². The number of ether oxygens (including phenoxy) is 1. The van der Waals surface area contributed by atoms with Crippen molar-refractivity contribution in [2.45, 2.75) is 0 Å². The number of carbonyl (C=O) groups excluding carboxylic acids is 2. The van der Waals surface area contributed by atoms with E-state index >= 15 is 0 Å². The molecule has 0 aliphatic carbocycles. The molecule has 0 fully saturated rings. The van der Waals surface area contributed by atoms with E-state index in [2.05, 4.69) is 10.1 Å². The molecule has 1 amide bonds. The van der Waals surface area contributed by atoms with Crippen LogP contribution in [0.2, 0.25) is 0 Å². The first-order valence-electron chi connectivity index (χ1n) is 6.76. The maximum atomic E-state index is 12.2. The normalized spacial score (nSPS) is 9.96. The number of nitrogens with one attached hydrogen (secondary N) is 1. The summed E-state index contributed by atoms with van der Waals surface area (Å²) < 4.78 is 4.54. The Hall–Kier alpha value is -3.82. The van der Waals surface area contributed by atoms with E-state index in [-0.39, 0.29) is 16.8 Å². The molecule has 10 heteroatoms. The van der Waals surface area contributed by atoms with E-state index in [1.165, 1.54) is 31.4 Å². The molecule has 0 unspecified atom stereocenters. The molecule has 128 valence electrons. The number of carbonyl (C=O) groups is 2. The Labute approximate surface area is 140 Å². The van der Waals surface area contributed by atoms with Crippen molar-refractivity contribution in [3.63, 3.8) is 0 Å². The van der Waals surface area contributed by atoms with Crippen molar-refractivity contribution in [3.8, 4) is 0 Å². The highest BCUT2D eigenvalue weighted by Gasteiger charge is 2.24. The van der Waals surface area contributed by atoms with E-state index in [0.29, 0.717) is 0 Å². The highest BCUT2D eigenvalue weighted by atomic mass is 16.6. The lowest BCUT2D eigenvalue weighted by Crippen LogP contribution is -2.14. The first-order valence-corrected chi connectivity index (χ1v) is 6.76. The lowest BCUT2D eigenvalue weighted by molar-refractivity contribution is -0.394. The maximum Gasteiger partial charge on any atom is 0.337 e. The summed E-state index contributed by atoms with van der Waals surface area (Å²) >= 11 is 0. The van der Waals surface area contributed by atoms with E-state index in [4.69, 9.17) is 0 Å². The van der Waals surface area contributed by atoms with Crippen molar-refractivity contribution < 1.29 is 24.2 Å². The van der Waals surface area contributed by atoms with E-state index in [1.54, 1.807) is 0 Å². The van der Waals surface area contributed by atoms with E-state index in [9.17, 15) is 29.8 Å². The number of non-ortho nitro benzene ring substituents is 1. The first-order chi connectivity index (χ1) is 11.8. The molecule has 2 aromatic carbocycles. The number of hydrogen-bond acceptors (Lipinski definition) is 7. The fourth-order valence-corrected chi connectivity index (χ4v) is 1.98. The lowest BCUT2D eigenvalue weighted by Gasteiger charge is -2.06. The minimum absolute atomic E-state index is 0.266. The molecule has 0 atom stereocenters. The number of rotatable bonds is 5. The molecule has 0 aliphatic heterocycles. The van der Waals surface area contributed by atoms with Crippen LogP contribution in [-0.4, -0.2) is 28.8 Å². The number of nitro benzene ring substituents is 2. The highest BCUT2D eigenvalue weighted by Crippen LogP contribution is 2.25. The van der Waals surface area contributed by atoms with Gasteiger partial charge in [-0.3, -0.25) is 25.0 Å². The second-order valence-corrected chi connectivity index (χ2v) is 4.74. The summed E-state index contributed by atoms with van der Waals surface area (Å²) in [5, 5.41) is 24.2. The van der Waals surface area contributed by atoms with Gasteiger partial charge in [0, 0.05) is 11.8 Å². The van der Waals surface area contributed by atoms with Gasteiger partial charge in [-0.15, -0.1) is 0 Å². The molecule has 2 aromatic rings. The zero-order valence-corrected chi connectivity index (χ0v) is 12.8.